The quantitative estimate of drug-likeness (QED) is 0.630. The lowest BCUT2D eigenvalue weighted by atomic mass is 10.00. The van der Waals surface area contributed by atoms with E-state index in [1.807, 2.05) is 50.3 Å². The maximum atomic E-state index is 12.3. The molecule has 2 aliphatic heterocycles. The van der Waals surface area contributed by atoms with Gasteiger partial charge in [0, 0.05) is 68.8 Å². The molecule has 0 spiro atoms. The van der Waals surface area contributed by atoms with E-state index < -0.39 is 0 Å². The highest BCUT2D eigenvalue weighted by molar-refractivity contribution is 5.98. The summed E-state index contributed by atoms with van der Waals surface area (Å²) < 4.78 is 2.46. The second-order valence-electron chi connectivity index (χ2n) is 8.22. The molecule has 4 heterocycles. The Bertz CT molecular complexity index is 1050. The third kappa shape index (κ3) is 3.63. The van der Waals surface area contributed by atoms with Crippen LogP contribution >= 0.6 is 0 Å². The topological polar surface area (TPSA) is 41.4 Å². The van der Waals surface area contributed by atoms with Crippen LogP contribution in [0.15, 0.2) is 42.9 Å². The van der Waals surface area contributed by atoms with Crippen LogP contribution in [0.3, 0.4) is 0 Å². The van der Waals surface area contributed by atoms with E-state index in [1.165, 1.54) is 27.6 Å². The second kappa shape index (κ2) is 8.60. The van der Waals surface area contributed by atoms with E-state index in [0.717, 1.165) is 44.6 Å². The van der Waals surface area contributed by atoms with E-state index in [4.69, 9.17) is 0 Å². The summed E-state index contributed by atoms with van der Waals surface area (Å²) in [4.78, 5) is 20.9. The molecule has 1 amide bonds. The van der Waals surface area contributed by atoms with Crippen LogP contribution in [0.1, 0.15) is 59.8 Å². The number of rotatable bonds is 3. The lowest BCUT2D eigenvalue weighted by Gasteiger charge is -2.33. The normalized spacial score (nSPS) is 17.2. The molecule has 0 aliphatic carbocycles. The zero-order valence-corrected chi connectivity index (χ0v) is 18.6. The number of hydrogen-bond donors (Lipinski definition) is 0. The number of likely N-dealkylation sites (tertiary alicyclic amines) is 1. The van der Waals surface area contributed by atoms with E-state index in [-0.39, 0.29) is 5.91 Å². The van der Waals surface area contributed by atoms with Crippen LogP contribution in [0.25, 0.3) is 10.9 Å². The molecule has 5 heteroatoms. The Balaban J connectivity index is 0.00000106. The molecular formula is C25H32N4O. The van der Waals surface area contributed by atoms with Gasteiger partial charge in [0.05, 0.1) is 5.52 Å². The van der Waals surface area contributed by atoms with Gasteiger partial charge >= 0.3 is 0 Å². The first-order valence-electron chi connectivity index (χ1n) is 11.1. The van der Waals surface area contributed by atoms with Gasteiger partial charge in [-0.15, -0.1) is 0 Å². The highest BCUT2D eigenvalue weighted by Gasteiger charge is 2.28. The monoisotopic (exact) mass is 404 g/mol. The molecule has 5 rings (SSSR count). The van der Waals surface area contributed by atoms with Crippen molar-refractivity contribution in [2.45, 2.75) is 52.7 Å². The summed E-state index contributed by atoms with van der Waals surface area (Å²) in [5, 5.41) is 1.26. The Morgan fingerprint density at radius 1 is 1.13 bits per heavy atom. The summed E-state index contributed by atoms with van der Waals surface area (Å²) in [6.07, 6.45) is 8.46. The number of amides is 1. The number of aromatic nitrogens is 2. The van der Waals surface area contributed by atoms with Crippen molar-refractivity contribution >= 4 is 16.8 Å². The first kappa shape index (κ1) is 20.6. The number of piperidine rings is 1. The van der Waals surface area contributed by atoms with Gasteiger partial charge < -0.3 is 9.47 Å². The van der Waals surface area contributed by atoms with Crippen LogP contribution in [0.4, 0.5) is 0 Å². The number of nitrogens with zero attached hydrogens (tertiary/aromatic N) is 4. The molecule has 0 N–H and O–H groups in total. The summed E-state index contributed by atoms with van der Waals surface area (Å²) in [6.45, 7) is 10.0. The third-order valence-electron chi connectivity index (χ3n) is 6.42. The summed E-state index contributed by atoms with van der Waals surface area (Å²) in [6, 6.07) is 8.86. The minimum atomic E-state index is 0.153. The standard InChI is InChI=1S/C23H26N4O.C2H6/c1-16-13-27(22-6-9-24-12-20(16)22)18-7-10-26(11-8-18)14-17-4-3-5-19-21(17)15-25(2)23(19)28;1-2/h3-6,9,12-13,18H,7-8,10-11,14-15H2,1-2H3;1-2H3. The Labute approximate surface area is 179 Å². The average Bonchev–Trinajstić information content (AvgIpc) is 3.28. The maximum Gasteiger partial charge on any atom is 0.254 e. The molecular weight excluding hydrogens is 372 g/mol. The van der Waals surface area contributed by atoms with Crippen LogP contribution in [-0.4, -0.2) is 45.4 Å². The van der Waals surface area contributed by atoms with Crippen molar-refractivity contribution in [2.75, 3.05) is 20.1 Å². The fraction of sp³-hybridized carbons (Fsp3) is 0.440. The number of carbonyl (C=O) groups excluding carboxylic acids is 1. The predicted molar refractivity (Wildman–Crippen MR) is 122 cm³/mol. The van der Waals surface area contributed by atoms with Gasteiger partial charge in [0.25, 0.3) is 5.91 Å². The van der Waals surface area contributed by atoms with Crippen molar-refractivity contribution in [3.8, 4) is 0 Å². The Hall–Kier alpha value is -2.66. The van der Waals surface area contributed by atoms with Crippen molar-refractivity contribution in [1.82, 2.24) is 19.4 Å². The molecule has 2 aliphatic rings. The van der Waals surface area contributed by atoms with Gasteiger partial charge in [0.1, 0.15) is 0 Å². The predicted octanol–water partition coefficient (Wildman–Crippen LogP) is 4.79. The van der Waals surface area contributed by atoms with Crippen molar-refractivity contribution < 1.29 is 4.79 Å². The van der Waals surface area contributed by atoms with Crippen molar-refractivity contribution in [3.05, 3.63) is 65.1 Å². The molecule has 1 aromatic carbocycles. The largest absolute Gasteiger partial charge is 0.344 e. The van der Waals surface area contributed by atoms with Gasteiger partial charge in [-0.05, 0) is 48.6 Å². The molecule has 3 aromatic rings. The third-order valence-corrected chi connectivity index (χ3v) is 6.42. The maximum absolute atomic E-state index is 12.3. The molecule has 0 unspecified atom stereocenters. The highest BCUT2D eigenvalue weighted by atomic mass is 16.2. The highest BCUT2D eigenvalue weighted by Crippen LogP contribution is 2.31. The molecule has 0 atom stereocenters. The van der Waals surface area contributed by atoms with Crippen LogP contribution < -0.4 is 0 Å². The summed E-state index contributed by atoms with van der Waals surface area (Å²) in [5.74, 6) is 0.153. The van der Waals surface area contributed by atoms with Crippen molar-refractivity contribution in [1.29, 1.82) is 0 Å². The molecule has 0 saturated carbocycles. The molecule has 0 radical (unpaired) electrons. The minimum absolute atomic E-state index is 0.153. The lowest BCUT2D eigenvalue weighted by Crippen LogP contribution is -2.34. The van der Waals surface area contributed by atoms with E-state index in [2.05, 4.69) is 39.7 Å². The molecule has 1 saturated heterocycles. The van der Waals surface area contributed by atoms with Crippen molar-refractivity contribution in [3.63, 3.8) is 0 Å². The lowest BCUT2D eigenvalue weighted by molar-refractivity contribution is 0.0816. The van der Waals surface area contributed by atoms with Crippen LogP contribution in [0, 0.1) is 6.92 Å². The first-order chi connectivity index (χ1) is 14.6. The SMILES string of the molecule is CC.Cc1cn(C2CCN(Cc3cccc4c3CN(C)C4=O)CC2)c2ccncc12. The zero-order chi connectivity index (χ0) is 21.3. The van der Waals surface area contributed by atoms with Gasteiger partial charge in [-0.25, -0.2) is 0 Å². The first-order valence-corrected chi connectivity index (χ1v) is 11.1. The van der Waals surface area contributed by atoms with Crippen molar-refractivity contribution in [2.24, 2.45) is 0 Å². The van der Waals surface area contributed by atoms with Gasteiger partial charge in [0.15, 0.2) is 0 Å². The van der Waals surface area contributed by atoms with Crippen LogP contribution in [0.2, 0.25) is 0 Å². The fourth-order valence-electron chi connectivity index (χ4n) is 4.85. The number of pyridine rings is 1. The van der Waals surface area contributed by atoms with Gasteiger partial charge in [-0.3, -0.25) is 14.7 Å². The van der Waals surface area contributed by atoms with Gasteiger partial charge in [-0.1, -0.05) is 26.0 Å². The number of carbonyl (C=O) groups is 1. The Morgan fingerprint density at radius 3 is 2.67 bits per heavy atom. The van der Waals surface area contributed by atoms with Crippen LogP contribution in [0.5, 0.6) is 0 Å². The smallest absolute Gasteiger partial charge is 0.254 e. The number of hydrogen-bond acceptors (Lipinski definition) is 3. The van der Waals surface area contributed by atoms with E-state index >= 15 is 0 Å². The summed E-state index contributed by atoms with van der Waals surface area (Å²) >= 11 is 0. The Morgan fingerprint density at radius 2 is 1.90 bits per heavy atom. The number of aryl methyl sites for hydroxylation is 1. The minimum Gasteiger partial charge on any atom is -0.344 e. The average molecular weight is 405 g/mol. The molecule has 5 nitrogen and oxygen atoms in total. The zero-order valence-electron chi connectivity index (χ0n) is 18.6. The number of fused-ring (bicyclic) bond motifs is 2. The summed E-state index contributed by atoms with van der Waals surface area (Å²) in [7, 11) is 1.89. The van der Waals surface area contributed by atoms with E-state index in [0.29, 0.717) is 6.04 Å². The molecule has 2 aromatic heterocycles. The Kier molecular flexibility index (Phi) is 5.91. The number of benzene rings is 1. The van der Waals surface area contributed by atoms with E-state index in [1.54, 1.807) is 0 Å². The van der Waals surface area contributed by atoms with Gasteiger partial charge in [-0.2, -0.15) is 0 Å². The molecule has 30 heavy (non-hydrogen) atoms. The van der Waals surface area contributed by atoms with Crippen LogP contribution in [-0.2, 0) is 13.1 Å². The fourth-order valence-corrected chi connectivity index (χ4v) is 4.85. The van der Waals surface area contributed by atoms with E-state index in [9.17, 15) is 4.79 Å². The molecule has 0 bridgehead atoms. The summed E-state index contributed by atoms with van der Waals surface area (Å²) in [5.41, 5.74) is 6.02. The molecule has 1 fully saturated rings. The van der Waals surface area contributed by atoms with Gasteiger partial charge in [0.2, 0.25) is 0 Å². The molecule has 158 valence electrons. The second-order valence-corrected chi connectivity index (χ2v) is 8.22.